The average Bonchev–Trinajstić information content (AvgIpc) is 3.22. The van der Waals surface area contributed by atoms with Crippen LogP contribution in [-0.4, -0.2) is 39.3 Å². The molecule has 1 aliphatic rings. The summed E-state index contributed by atoms with van der Waals surface area (Å²) >= 11 is 0. The third-order valence-corrected chi connectivity index (χ3v) is 4.85. The van der Waals surface area contributed by atoms with Gasteiger partial charge in [0.15, 0.2) is 0 Å². The van der Waals surface area contributed by atoms with E-state index in [9.17, 15) is 14.7 Å². The number of nitrogens with one attached hydrogen (secondary N) is 3. The minimum atomic E-state index is -0.982. The number of amides is 2. The van der Waals surface area contributed by atoms with Crippen molar-refractivity contribution < 1.29 is 14.7 Å². The van der Waals surface area contributed by atoms with Crippen molar-refractivity contribution in [3.63, 3.8) is 0 Å². The van der Waals surface area contributed by atoms with Crippen molar-refractivity contribution in [3.8, 4) is 0 Å². The average molecular weight is 358 g/mol. The fourth-order valence-electron chi connectivity index (χ4n) is 3.47. The fourth-order valence-corrected chi connectivity index (χ4v) is 3.47. The first-order valence-electron chi connectivity index (χ1n) is 9.15. The number of aromatic nitrogens is 2. The van der Waals surface area contributed by atoms with Gasteiger partial charge < -0.3 is 15.7 Å². The summed E-state index contributed by atoms with van der Waals surface area (Å²) in [7, 11) is 0. The Hall–Kier alpha value is -2.41. The molecular weight excluding hydrogens is 332 g/mol. The molecule has 1 aromatic carbocycles. The maximum atomic E-state index is 12.5. The zero-order valence-corrected chi connectivity index (χ0v) is 15.2. The lowest BCUT2D eigenvalue weighted by molar-refractivity contribution is -0.131. The van der Waals surface area contributed by atoms with E-state index < -0.39 is 6.10 Å². The highest BCUT2D eigenvalue weighted by atomic mass is 16.3. The quantitative estimate of drug-likeness (QED) is 0.635. The second-order valence-corrected chi connectivity index (χ2v) is 7.52. The smallest absolute Gasteiger partial charge is 0.249 e. The zero-order chi connectivity index (χ0) is 18.7. The molecule has 26 heavy (non-hydrogen) atoms. The van der Waals surface area contributed by atoms with Crippen LogP contribution in [0, 0.1) is 11.8 Å². The number of hydrogen-bond acceptors (Lipinski definition) is 4. The van der Waals surface area contributed by atoms with Crippen LogP contribution in [0.4, 0.5) is 5.69 Å². The van der Waals surface area contributed by atoms with Crippen LogP contribution in [0.3, 0.4) is 0 Å². The second kappa shape index (κ2) is 7.86. The lowest BCUT2D eigenvalue weighted by Crippen LogP contribution is -2.41. The van der Waals surface area contributed by atoms with Crippen molar-refractivity contribution in [3.05, 3.63) is 24.4 Å². The number of aromatic amines is 1. The van der Waals surface area contributed by atoms with Gasteiger partial charge in [0.2, 0.25) is 11.8 Å². The summed E-state index contributed by atoms with van der Waals surface area (Å²) < 4.78 is 0. The number of aliphatic hydroxyl groups excluding tert-OH is 1. The van der Waals surface area contributed by atoms with Gasteiger partial charge in [0, 0.05) is 23.0 Å². The first-order valence-corrected chi connectivity index (χ1v) is 9.15. The fraction of sp³-hybridized carbons (Fsp3) is 0.526. The number of H-pyrrole nitrogens is 1. The Morgan fingerprint density at radius 2 is 2.15 bits per heavy atom. The van der Waals surface area contributed by atoms with Crippen molar-refractivity contribution in [2.24, 2.45) is 11.8 Å². The molecule has 140 valence electrons. The number of benzene rings is 1. The van der Waals surface area contributed by atoms with Gasteiger partial charge in [0.25, 0.3) is 0 Å². The van der Waals surface area contributed by atoms with Gasteiger partial charge in [-0.3, -0.25) is 14.7 Å². The highest BCUT2D eigenvalue weighted by Crippen LogP contribution is 2.27. The summed E-state index contributed by atoms with van der Waals surface area (Å²) in [5.74, 6) is -0.254. The molecule has 0 saturated heterocycles. The summed E-state index contributed by atoms with van der Waals surface area (Å²) in [5.41, 5.74) is 1.66. The predicted molar refractivity (Wildman–Crippen MR) is 99.5 cm³/mol. The van der Waals surface area contributed by atoms with Gasteiger partial charge in [0.1, 0.15) is 6.10 Å². The van der Waals surface area contributed by atoms with E-state index in [0.29, 0.717) is 12.8 Å². The molecule has 4 N–H and O–H groups in total. The molecule has 1 aromatic heterocycles. The molecule has 1 aliphatic carbocycles. The SMILES string of the molecule is CC(C)C[C@H](O)C(=O)N[C@H]1CC[C@H](C(=O)Nc2ccc3[nH]ncc3c2)C1. The van der Waals surface area contributed by atoms with Crippen LogP contribution in [0.15, 0.2) is 24.4 Å². The second-order valence-electron chi connectivity index (χ2n) is 7.52. The van der Waals surface area contributed by atoms with Crippen LogP contribution in [0.1, 0.15) is 39.5 Å². The van der Waals surface area contributed by atoms with E-state index in [4.69, 9.17) is 0 Å². The number of anilines is 1. The maximum absolute atomic E-state index is 12.5. The van der Waals surface area contributed by atoms with Crippen LogP contribution < -0.4 is 10.6 Å². The topological polar surface area (TPSA) is 107 Å². The molecule has 7 heteroatoms. The van der Waals surface area contributed by atoms with E-state index in [-0.39, 0.29) is 29.7 Å². The third kappa shape index (κ3) is 4.40. The van der Waals surface area contributed by atoms with E-state index >= 15 is 0 Å². The Balaban J connectivity index is 1.51. The first-order chi connectivity index (χ1) is 12.4. The number of carbonyl (C=O) groups excluding carboxylic acids is 2. The van der Waals surface area contributed by atoms with Crippen LogP contribution >= 0.6 is 0 Å². The minimum Gasteiger partial charge on any atom is -0.383 e. The molecule has 3 rings (SSSR count). The summed E-state index contributed by atoms with van der Waals surface area (Å²) in [6.07, 6.45) is 3.25. The van der Waals surface area contributed by atoms with Gasteiger partial charge in [-0.2, -0.15) is 5.10 Å². The largest absolute Gasteiger partial charge is 0.383 e. The lowest BCUT2D eigenvalue weighted by Gasteiger charge is -2.17. The Kier molecular flexibility index (Phi) is 5.56. The molecule has 7 nitrogen and oxygen atoms in total. The standard InChI is InChI=1S/C19H26N4O3/c1-11(2)7-17(24)19(26)22-14-4-3-12(8-14)18(25)21-15-5-6-16-13(9-15)10-20-23-16/h5-6,9-12,14,17,24H,3-4,7-8H2,1-2H3,(H,20,23)(H,21,25)(H,22,26)/t12-,14-,17-/m0/s1. The van der Waals surface area contributed by atoms with Crippen molar-refractivity contribution >= 4 is 28.4 Å². The molecule has 0 bridgehead atoms. The van der Waals surface area contributed by atoms with Crippen molar-refractivity contribution in [1.29, 1.82) is 0 Å². The number of aliphatic hydroxyl groups is 1. The maximum Gasteiger partial charge on any atom is 0.249 e. The van der Waals surface area contributed by atoms with Crippen LogP contribution in [0.25, 0.3) is 10.9 Å². The van der Waals surface area contributed by atoms with Crippen molar-refractivity contribution in [2.45, 2.75) is 51.7 Å². The number of carbonyl (C=O) groups is 2. The van der Waals surface area contributed by atoms with Gasteiger partial charge in [-0.15, -0.1) is 0 Å². The van der Waals surface area contributed by atoms with E-state index in [1.165, 1.54) is 0 Å². The normalized spacial score (nSPS) is 21.1. The van der Waals surface area contributed by atoms with Crippen molar-refractivity contribution in [2.75, 3.05) is 5.32 Å². The van der Waals surface area contributed by atoms with Crippen LogP contribution in [0.5, 0.6) is 0 Å². The van der Waals surface area contributed by atoms with Gasteiger partial charge in [-0.1, -0.05) is 13.8 Å². The predicted octanol–water partition coefficient (Wildman–Crippen LogP) is 2.19. The first kappa shape index (κ1) is 18.4. The number of hydrogen-bond donors (Lipinski definition) is 4. The summed E-state index contributed by atoms with van der Waals surface area (Å²) in [5, 5.41) is 23.5. The molecule has 3 atom stereocenters. The molecule has 0 radical (unpaired) electrons. The molecule has 1 saturated carbocycles. The number of nitrogens with zero attached hydrogens (tertiary/aromatic N) is 1. The summed E-state index contributed by atoms with van der Waals surface area (Å²) in [6, 6.07) is 5.55. The van der Waals surface area contributed by atoms with E-state index in [2.05, 4.69) is 20.8 Å². The highest BCUT2D eigenvalue weighted by molar-refractivity contribution is 5.95. The van der Waals surface area contributed by atoms with Crippen LogP contribution in [0.2, 0.25) is 0 Å². The molecule has 0 spiro atoms. The van der Waals surface area contributed by atoms with E-state index in [1.807, 2.05) is 32.0 Å². The highest BCUT2D eigenvalue weighted by Gasteiger charge is 2.32. The summed E-state index contributed by atoms with van der Waals surface area (Å²) in [4.78, 5) is 24.5. The number of fused-ring (bicyclic) bond motifs is 1. The Morgan fingerprint density at radius 3 is 2.92 bits per heavy atom. The van der Waals surface area contributed by atoms with Gasteiger partial charge >= 0.3 is 0 Å². The van der Waals surface area contributed by atoms with Crippen LogP contribution in [-0.2, 0) is 9.59 Å². The molecule has 0 unspecified atom stereocenters. The molecule has 2 aromatic rings. The molecule has 0 aliphatic heterocycles. The van der Waals surface area contributed by atoms with Gasteiger partial charge in [-0.05, 0) is 49.8 Å². The molecular formula is C19H26N4O3. The molecule has 2 amide bonds. The molecule has 1 heterocycles. The third-order valence-electron chi connectivity index (χ3n) is 4.85. The lowest BCUT2D eigenvalue weighted by atomic mass is 10.0. The monoisotopic (exact) mass is 358 g/mol. The number of rotatable bonds is 6. The molecule has 1 fully saturated rings. The van der Waals surface area contributed by atoms with E-state index in [0.717, 1.165) is 29.4 Å². The minimum absolute atomic E-state index is 0.0349. The van der Waals surface area contributed by atoms with Gasteiger partial charge in [0.05, 0.1) is 11.7 Å². The van der Waals surface area contributed by atoms with E-state index in [1.54, 1.807) is 6.20 Å². The van der Waals surface area contributed by atoms with Gasteiger partial charge in [-0.25, -0.2) is 0 Å². The Labute approximate surface area is 152 Å². The Bertz CT molecular complexity index is 786. The van der Waals surface area contributed by atoms with Crippen molar-refractivity contribution in [1.82, 2.24) is 15.5 Å². The summed E-state index contributed by atoms with van der Waals surface area (Å²) in [6.45, 7) is 3.93. The Morgan fingerprint density at radius 1 is 1.35 bits per heavy atom. The zero-order valence-electron chi connectivity index (χ0n) is 15.2.